The third kappa shape index (κ3) is 5.58. The van der Waals surface area contributed by atoms with Crippen molar-refractivity contribution >= 4 is 32.4 Å². The van der Waals surface area contributed by atoms with E-state index in [9.17, 15) is 13.2 Å². The van der Waals surface area contributed by atoms with Crippen LogP contribution in [0, 0.1) is 5.92 Å². The molecule has 2 aliphatic heterocycles. The number of fused-ring (bicyclic) bond motifs is 1. The van der Waals surface area contributed by atoms with Crippen molar-refractivity contribution in [3.8, 4) is 0 Å². The molecule has 35 heavy (non-hydrogen) atoms. The number of nitrogens with one attached hydrogen (secondary N) is 1. The number of benzene rings is 3. The molecular formula is C28H33N3O3S. The molecule has 0 saturated carbocycles. The molecule has 3 aromatic rings. The third-order valence-electron chi connectivity index (χ3n) is 7.23. The third-order valence-corrected chi connectivity index (χ3v) is 9.13. The number of anilines is 1. The van der Waals surface area contributed by atoms with Gasteiger partial charge in [0.2, 0.25) is 15.9 Å². The summed E-state index contributed by atoms with van der Waals surface area (Å²) in [6.07, 6.45) is 4.87. The van der Waals surface area contributed by atoms with Gasteiger partial charge in [0.1, 0.15) is 0 Å². The van der Waals surface area contributed by atoms with Crippen molar-refractivity contribution in [2.24, 2.45) is 5.92 Å². The van der Waals surface area contributed by atoms with Gasteiger partial charge in [0, 0.05) is 31.2 Å². The average molecular weight is 492 g/mol. The van der Waals surface area contributed by atoms with Crippen molar-refractivity contribution in [1.29, 1.82) is 0 Å². The standard InChI is InChI=1S/C28H33N3O3S/c32-28(29-26-10-6-7-22(19-26)21-30-15-4-1-5-16-30)24-13-17-31(18-14-24)35(33,34)27-12-11-23-8-2-3-9-25(23)20-27/h2-3,6-12,19-20,24H,1,4-5,13-18,21H2,(H,29,32). The van der Waals surface area contributed by atoms with Gasteiger partial charge in [0.05, 0.1) is 4.90 Å². The van der Waals surface area contributed by atoms with Crippen LogP contribution in [0.15, 0.2) is 71.6 Å². The molecule has 0 unspecified atom stereocenters. The van der Waals surface area contributed by atoms with E-state index in [4.69, 9.17) is 0 Å². The Bertz CT molecular complexity index is 1290. The lowest BCUT2D eigenvalue weighted by molar-refractivity contribution is -0.120. The average Bonchev–Trinajstić information content (AvgIpc) is 2.89. The minimum Gasteiger partial charge on any atom is -0.326 e. The molecule has 0 radical (unpaired) electrons. The Hall–Kier alpha value is -2.74. The fraction of sp³-hybridized carbons (Fsp3) is 0.393. The van der Waals surface area contributed by atoms with Crippen molar-refractivity contribution in [2.75, 3.05) is 31.5 Å². The quantitative estimate of drug-likeness (QED) is 0.534. The Labute approximate surface area is 208 Å². The molecule has 2 fully saturated rings. The van der Waals surface area contributed by atoms with Crippen molar-refractivity contribution in [2.45, 2.75) is 43.5 Å². The number of carbonyl (C=O) groups excluding carboxylic acids is 1. The van der Waals surface area contributed by atoms with E-state index in [0.29, 0.717) is 30.8 Å². The Morgan fingerprint density at radius 2 is 1.57 bits per heavy atom. The molecule has 3 aromatic carbocycles. The first-order valence-corrected chi connectivity index (χ1v) is 14.0. The minimum atomic E-state index is -3.58. The summed E-state index contributed by atoms with van der Waals surface area (Å²) in [6, 6.07) is 21.1. The zero-order valence-corrected chi connectivity index (χ0v) is 20.8. The highest BCUT2D eigenvalue weighted by Crippen LogP contribution is 2.27. The van der Waals surface area contributed by atoms with Crippen LogP contribution in [0.4, 0.5) is 5.69 Å². The number of sulfonamides is 1. The Morgan fingerprint density at radius 1 is 0.829 bits per heavy atom. The molecule has 0 bridgehead atoms. The summed E-state index contributed by atoms with van der Waals surface area (Å²) in [4.78, 5) is 15.7. The zero-order chi connectivity index (χ0) is 24.3. The summed E-state index contributed by atoms with van der Waals surface area (Å²) in [5.41, 5.74) is 2.02. The van der Waals surface area contributed by atoms with Crippen molar-refractivity contribution < 1.29 is 13.2 Å². The van der Waals surface area contributed by atoms with Gasteiger partial charge in [0.15, 0.2) is 0 Å². The molecule has 1 amide bonds. The van der Waals surface area contributed by atoms with E-state index in [1.54, 1.807) is 12.1 Å². The second kappa shape index (κ2) is 10.5. The van der Waals surface area contributed by atoms with Gasteiger partial charge in [-0.15, -0.1) is 0 Å². The summed E-state index contributed by atoms with van der Waals surface area (Å²) < 4.78 is 28.0. The molecule has 0 aliphatic carbocycles. The van der Waals surface area contributed by atoms with Crippen molar-refractivity contribution in [3.63, 3.8) is 0 Å². The van der Waals surface area contributed by atoms with Crippen LogP contribution in [-0.4, -0.2) is 49.7 Å². The summed E-state index contributed by atoms with van der Waals surface area (Å²) in [6.45, 7) is 3.88. The van der Waals surface area contributed by atoms with Crippen molar-refractivity contribution in [1.82, 2.24) is 9.21 Å². The number of rotatable bonds is 6. The highest BCUT2D eigenvalue weighted by Gasteiger charge is 2.32. The van der Waals surface area contributed by atoms with Gasteiger partial charge >= 0.3 is 0 Å². The van der Waals surface area contributed by atoms with Gasteiger partial charge in [-0.1, -0.05) is 48.9 Å². The van der Waals surface area contributed by atoms with Crippen LogP contribution in [0.3, 0.4) is 0 Å². The second-order valence-electron chi connectivity index (χ2n) is 9.71. The maximum Gasteiger partial charge on any atom is 0.243 e. The number of nitrogens with zero attached hydrogens (tertiary/aromatic N) is 2. The van der Waals surface area contributed by atoms with Crippen LogP contribution in [0.25, 0.3) is 10.8 Å². The van der Waals surface area contributed by atoms with Crippen LogP contribution in [0.2, 0.25) is 0 Å². The van der Waals surface area contributed by atoms with Gasteiger partial charge in [-0.05, 0) is 79.4 Å². The highest BCUT2D eigenvalue weighted by molar-refractivity contribution is 7.89. The highest BCUT2D eigenvalue weighted by atomic mass is 32.2. The second-order valence-corrected chi connectivity index (χ2v) is 11.7. The van der Waals surface area contributed by atoms with E-state index in [1.165, 1.54) is 29.1 Å². The first-order chi connectivity index (χ1) is 17.0. The number of likely N-dealkylation sites (tertiary alicyclic amines) is 1. The smallest absolute Gasteiger partial charge is 0.243 e. The molecular weight excluding hydrogens is 458 g/mol. The number of carbonyl (C=O) groups is 1. The summed E-state index contributed by atoms with van der Waals surface area (Å²) >= 11 is 0. The van der Waals surface area contributed by atoms with Crippen LogP contribution in [0.5, 0.6) is 0 Å². The van der Waals surface area contributed by atoms with E-state index < -0.39 is 10.0 Å². The Kier molecular flexibility index (Phi) is 7.18. The monoisotopic (exact) mass is 491 g/mol. The van der Waals surface area contributed by atoms with Crippen LogP contribution >= 0.6 is 0 Å². The number of hydrogen-bond donors (Lipinski definition) is 1. The van der Waals surface area contributed by atoms with Crippen LogP contribution < -0.4 is 5.32 Å². The summed E-state index contributed by atoms with van der Waals surface area (Å²) in [5.74, 6) is -0.216. The normalized spacial score (nSPS) is 18.5. The molecule has 0 spiro atoms. The fourth-order valence-corrected chi connectivity index (χ4v) is 6.71. The lowest BCUT2D eigenvalue weighted by Gasteiger charge is -2.30. The predicted octanol–water partition coefficient (Wildman–Crippen LogP) is 4.87. The summed E-state index contributed by atoms with van der Waals surface area (Å²) in [7, 11) is -3.58. The minimum absolute atomic E-state index is 0.0251. The van der Waals surface area contributed by atoms with E-state index in [1.807, 2.05) is 42.5 Å². The summed E-state index contributed by atoms with van der Waals surface area (Å²) in [5, 5.41) is 4.99. The molecule has 2 heterocycles. The lowest BCUT2D eigenvalue weighted by Crippen LogP contribution is -2.41. The Balaban J connectivity index is 1.18. The first-order valence-electron chi connectivity index (χ1n) is 12.6. The first kappa shape index (κ1) is 24.0. The number of piperidine rings is 2. The molecule has 0 atom stereocenters. The van der Waals surface area contributed by atoms with Gasteiger partial charge < -0.3 is 5.32 Å². The van der Waals surface area contributed by atoms with Crippen LogP contribution in [0.1, 0.15) is 37.7 Å². The SMILES string of the molecule is O=C(Nc1cccc(CN2CCCCC2)c1)C1CCN(S(=O)(=O)c2ccc3ccccc3c2)CC1. The van der Waals surface area contributed by atoms with E-state index in [0.717, 1.165) is 36.1 Å². The molecule has 6 nitrogen and oxygen atoms in total. The molecule has 184 valence electrons. The Morgan fingerprint density at radius 3 is 2.34 bits per heavy atom. The zero-order valence-electron chi connectivity index (χ0n) is 20.0. The van der Waals surface area contributed by atoms with E-state index in [-0.39, 0.29) is 11.8 Å². The molecule has 2 aliphatic rings. The number of hydrogen-bond acceptors (Lipinski definition) is 4. The van der Waals surface area contributed by atoms with Crippen molar-refractivity contribution in [3.05, 3.63) is 72.3 Å². The van der Waals surface area contributed by atoms with Gasteiger partial charge in [-0.25, -0.2) is 8.42 Å². The molecule has 0 aromatic heterocycles. The molecule has 7 heteroatoms. The van der Waals surface area contributed by atoms with Gasteiger partial charge in [-0.2, -0.15) is 4.31 Å². The van der Waals surface area contributed by atoms with Gasteiger partial charge in [-0.3, -0.25) is 9.69 Å². The fourth-order valence-electron chi connectivity index (χ4n) is 5.20. The number of amides is 1. The largest absolute Gasteiger partial charge is 0.326 e. The molecule has 1 N–H and O–H groups in total. The lowest BCUT2D eigenvalue weighted by atomic mass is 9.97. The maximum atomic E-state index is 13.2. The van der Waals surface area contributed by atoms with Crippen LogP contribution in [-0.2, 0) is 21.4 Å². The maximum absolute atomic E-state index is 13.2. The van der Waals surface area contributed by atoms with E-state index in [2.05, 4.69) is 22.3 Å². The molecule has 2 saturated heterocycles. The van der Waals surface area contributed by atoms with E-state index >= 15 is 0 Å². The molecule has 5 rings (SSSR count). The topological polar surface area (TPSA) is 69.7 Å². The van der Waals surface area contributed by atoms with Gasteiger partial charge in [0.25, 0.3) is 0 Å². The predicted molar refractivity (Wildman–Crippen MR) is 140 cm³/mol.